The van der Waals surface area contributed by atoms with Crippen LogP contribution in [0, 0.1) is 18.3 Å². The molecular formula is C28H33N3O5. The Morgan fingerprint density at radius 3 is 2.22 bits per heavy atom. The Kier molecular flexibility index (Phi) is 8.25. The summed E-state index contributed by atoms with van der Waals surface area (Å²) in [6.45, 7) is 6.95. The molecule has 3 unspecified atom stereocenters. The second-order valence-electron chi connectivity index (χ2n) is 9.82. The monoisotopic (exact) mass is 491 g/mol. The Hall–Kier alpha value is -3.99. The van der Waals surface area contributed by atoms with E-state index in [0.717, 1.165) is 6.42 Å². The van der Waals surface area contributed by atoms with Crippen molar-refractivity contribution in [2.45, 2.75) is 51.8 Å². The van der Waals surface area contributed by atoms with Crippen molar-refractivity contribution in [3.8, 4) is 18.1 Å². The number of nitrogens with one attached hydrogen (secondary N) is 2. The molecule has 0 heterocycles. The van der Waals surface area contributed by atoms with Gasteiger partial charge in [-0.3, -0.25) is 9.59 Å². The maximum absolute atomic E-state index is 13.6. The molecule has 190 valence electrons. The van der Waals surface area contributed by atoms with Gasteiger partial charge in [0.05, 0.1) is 7.11 Å². The Bertz CT molecular complexity index is 1130. The highest BCUT2D eigenvalue weighted by molar-refractivity contribution is 5.98. The van der Waals surface area contributed by atoms with Gasteiger partial charge in [-0.2, -0.15) is 0 Å². The van der Waals surface area contributed by atoms with E-state index in [-0.39, 0.29) is 30.3 Å². The highest BCUT2D eigenvalue weighted by Gasteiger charge is 2.46. The molecule has 2 aromatic rings. The predicted octanol–water partition coefficient (Wildman–Crippen LogP) is 4.12. The fourth-order valence-corrected chi connectivity index (χ4v) is 3.85. The van der Waals surface area contributed by atoms with Gasteiger partial charge in [0, 0.05) is 17.3 Å². The molecule has 1 saturated carbocycles. The first-order valence-electron chi connectivity index (χ1n) is 11.8. The molecule has 3 atom stereocenters. The Labute approximate surface area is 212 Å². The molecule has 36 heavy (non-hydrogen) atoms. The highest BCUT2D eigenvalue weighted by Crippen LogP contribution is 2.40. The minimum Gasteiger partial charge on any atom is -0.497 e. The third-order valence-corrected chi connectivity index (χ3v) is 5.77. The number of ether oxygens (including phenoxy) is 2. The molecule has 1 aliphatic rings. The molecule has 2 N–H and O–H groups in total. The second kappa shape index (κ2) is 11.2. The fourth-order valence-electron chi connectivity index (χ4n) is 3.85. The van der Waals surface area contributed by atoms with Gasteiger partial charge < -0.3 is 25.0 Å². The maximum atomic E-state index is 13.6. The number of terminal acetylenes is 1. The molecule has 0 radical (unpaired) electrons. The van der Waals surface area contributed by atoms with Crippen molar-refractivity contribution in [1.29, 1.82) is 0 Å². The number of alkyl carbamates (subject to hydrolysis) is 1. The van der Waals surface area contributed by atoms with Crippen LogP contribution in [-0.2, 0) is 14.3 Å². The number of carbonyl (C=O) groups excluding carboxylic acids is 3. The molecule has 3 amide bonds. The lowest BCUT2D eigenvalue weighted by Gasteiger charge is -2.32. The summed E-state index contributed by atoms with van der Waals surface area (Å²) in [6, 6.07) is 12.8. The van der Waals surface area contributed by atoms with Crippen LogP contribution in [0.1, 0.15) is 51.3 Å². The number of amides is 3. The lowest BCUT2D eigenvalue weighted by molar-refractivity contribution is -0.139. The Balaban J connectivity index is 1.89. The summed E-state index contributed by atoms with van der Waals surface area (Å²) in [7, 11) is 1.56. The van der Waals surface area contributed by atoms with E-state index in [1.165, 1.54) is 0 Å². The average Bonchev–Trinajstić information content (AvgIpc) is 3.56. The van der Waals surface area contributed by atoms with Gasteiger partial charge in [0.25, 0.3) is 5.91 Å². The SMILES string of the molecule is C#Cc1ccc(C(C(=O)Nc2ccc(OC)cc2)N(C(=O)CNC(=O)OC(C)(C)C)C2CC2C)cc1. The van der Waals surface area contributed by atoms with Crippen LogP contribution in [0.25, 0.3) is 0 Å². The molecule has 3 rings (SSSR count). The first-order valence-corrected chi connectivity index (χ1v) is 11.8. The third-order valence-electron chi connectivity index (χ3n) is 5.77. The molecule has 2 aromatic carbocycles. The first kappa shape index (κ1) is 26.6. The zero-order chi connectivity index (χ0) is 26.5. The molecule has 8 nitrogen and oxygen atoms in total. The molecule has 8 heteroatoms. The minimum atomic E-state index is -0.929. The van der Waals surface area contributed by atoms with Gasteiger partial charge in [0.1, 0.15) is 23.9 Å². The number of methoxy groups -OCH3 is 1. The van der Waals surface area contributed by atoms with E-state index in [4.69, 9.17) is 15.9 Å². The van der Waals surface area contributed by atoms with Crippen molar-refractivity contribution in [3.05, 3.63) is 59.7 Å². The highest BCUT2D eigenvalue weighted by atomic mass is 16.6. The van der Waals surface area contributed by atoms with Crippen molar-refractivity contribution in [1.82, 2.24) is 10.2 Å². The summed E-state index contributed by atoms with van der Waals surface area (Å²) in [4.78, 5) is 40.8. The van der Waals surface area contributed by atoms with Crippen molar-refractivity contribution in [3.63, 3.8) is 0 Å². The van der Waals surface area contributed by atoms with Gasteiger partial charge in [0.15, 0.2) is 0 Å². The summed E-state index contributed by atoms with van der Waals surface area (Å²) in [5.74, 6) is 2.68. The van der Waals surface area contributed by atoms with Crippen LogP contribution in [0.2, 0.25) is 0 Å². The van der Waals surface area contributed by atoms with Crippen LogP contribution in [0.4, 0.5) is 10.5 Å². The second-order valence-corrected chi connectivity index (χ2v) is 9.82. The summed E-state index contributed by atoms with van der Waals surface area (Å²) in [6.07, 6.45) is 5.56. The van der Waals surface area contributed by atoms with Crippen LogP contribution < -0.4 is 15.4 Å². The van der Waals surface area contributed by atoms with Gasteiger partial charge in [-0.15, -0.1) is 6.42 Å². The predicted molar refractivity (Wildman–Crippen MR) is 137 cm³/mol. The van der Waals surface area contributed by atoms with E-state index in [1.54, 1.807) is 81.3 Å². The lowest BCUT2D eigenvalue weighted by Crippen LogP contribution is -2.48. The summed E-state index contributed by atoms with van der Waals surface area (Å²) in [5.41, 5.74) is 1.15. The Morgan fingerprint density at radius 1 is 1.11 bits per heavy atom. The normalized spacial score (nSPS) is 17.2. The van der Waals surface area contributed by atoms with E-state index >= 15 is 0 Å². The van der Waals surface area contributed by atoms with Crippen molar-refractivity contribution < 1.29 is 23.9 Å². The molecule has 0 aromatic heterocycles. The van der Waals surface area contributed by atoms with E-state index in [0.29, 0.717) is 22.6 Å². The van der Waals surface area contributed by atoms with Crippen LogP contribution in [0.5, 0.6) is 5.75 Å². The summed E-state index contributed by atoms with van der Waals surface area (Å²) < 4.78 is 10.4. The van der Waals surface area contributed by atoms with Crippen molar-refractivity contribution >= 4 is 23.6 Å². The van der Waals surface area contributed by atoms with Gasteiger partial charge in [-0.1, -0.05) is 25.0 Å². The van der Waals surface area contributed by atoms with Crippen LogP contribution in [0.3, 0.4) is 0 Å². The van der Waals surface area contributed by atoms with Gasteiger partial charge in [0.2, 0.25) is 5.91 Å². The molecule has 0 bridgehead atoms. The van der Waals surface area contributed by atoms with E-state index in [1.807, 2.05) is 6.92 Å². The van der Waals surface area contributed by atoms with Crippen LogP contribution >= 0.6 is 0 Å². The molecular weight excluding hydrogens is 458 g/mol. The lowest BCUT2D eigenvalue weighted by atomic mass is 10.0. The largest absolute Gasteiger partial charge is 0.497 e. The average molecular weight is 492 g/mol. The van der Waals surface area contributed by atoms with Crippen molar-refractivity contribution in [2.75, 3.05) is 19.0 Å². The number of anilines is 1. The van der Waals surface area contributed by atoms with Crippen molar-refractivity contribution in [2.24, 2.45) is 5.92 Å². The summed E-state index contributed by atoms with van der Waals surface area (Å²) in [5, 5.41) is 5.43. The molecule has 0 saturated heterocycles. The standard InChI is InChI=1S/C28H33N3O5/c1-7-19-8-10-20(11-9-19)25(26(33)30-21-12-14-22(35-6)15-13-21)31(23-16-18(23)2)24(32)17-29-27(34)36-28(3,4)5/h1,8-15,18,23,25H,16-17H2,2-6H3,(H,29,34)(H,30,33). The summed E-state index contributed by atoms with van der Waals surface area (Å²) >= 11 is 0. The topological polar surface area (TPSA) is 97.0 Å². The van der Waals surface area contributed by atoms with E-state index in [2.05, 4.69) is 16.6 Å². The quantitative estimate of drug-likeness (QED) is 0.542. The Morgan fingerprint density at radius 2 is 1.72 bits per heavy atom. The van der Waals surface area contributed by atoms with Crippen LogP contribution in [-0.4, -0.2) is 48.1 Å². The maximum Gasteiger partial charge on any atom is 0.408 e. The minimum absolute atomic E-state index is 0.142. The number of benzene rings is 2. The number of hydrogen-bond donors (Lipinski definition) is 2. The molecule has 1 aliphatic carbocycles. The molecule has 0 aliphatic heterocycles. The van der Waals surface area contributed by atoms with Gasteiger partial charge in [-0.05, 0) is 75.1 Å². The number of rotatable bonds is 8. The number of carbonyl (C=O) groups is 3. The van der Waals surface area contributed by atoms with E-state index in [9.17, 15) is 14.4 Å². The third kappa shape index (κ3) is 7.01. The first-order chi connectivity index (χ1) is 17.0. The zero-order valence-electron chi connectivity index (χ0n) is 21.3. The number of hydrogen-bond acceptors (Lipinski definition) is 5. The fraction of sp³-hybridized carbons (Fsp3) is 0.393. The van der Waals surface area contributed by atoms with Crippen LogP contribution in [0.15, 0.2) is 48.5 Å². The van der Waals surface area contributed by atoms with Gasteiger partial charge >= 0.3 is 6.09 Å². The number of nitrogens with zero attached hydrogens (tertiary/aromatic N) is 1. The van der Waals surface area contributed by atoms with E-state index < -0.39 is 17.7 Å². The molecule has 0 spiro atoms. The molecule has 1 fully saturated rings. The zero-order valence-corrected chi connectivity index (χ0v) is 21.3. The smallest absolute Gasteiger partial charge is 0.408 e. The van der Waals surface area contributed by atoms with Gasteiger partial charge in [-0.25, -0.2) is 4.79 Å².